The van der Waals surface area contributed by atoms with E-state index >= 15 is 0 Å². The molecule has 2 N–H and O–H groups in total. The Kier molecular flexibility index (Phi) is 5.47. The molecule has 4 heterocycles. The Morgan fingerprint density at radius 3 is 2.69 bits per heavy atom. The Morgan fingerprint density at radius 1 is 1.31 bits per heavy atom. The van der Waals surface area contributed by atoms with Crippen LogP contribution in [0.3, 0.4) is 0 Å². The first-order valence-electron chi connectivity index (χ1n) is 9.23. The Bertz CT molecular complexity index is 1030. The van der Waals surface area contributed by atoms with Crippen LogP contribution in [0.1, 0.15) is 12.6 Å². The third-order valence-corrected chi connectivity index (χ3v) is 7.45. The largest absolute Gasteiger partial charge is 0.396 e. The number of hydrogen-bond donors (Lipinski definition) is 2. The number of H-pyrrole nitrogens is 1. The highest BCUT2D eigenvalue weighted by Gasteiger charge is 2.40. The van der Waals surface area contributed by atoms with Crippen molar-refractivity contribution >= 4 is 27.4 Å². The van der Waals surface area contributed by atoms with Gasteiger partial charge in [-0.25, -0.2) is 14.4 Å². The number of halogens is 2. The summed E-state index contributed by atoms with van der Waals surface area (Å²) in [5, 5.41) is 9.38. The Hall–Kier alpha value is -1.85. The molecule has 156 valence electrons. The summed E-state index contributed by atoms with van der Waals surface area (Å²) < 4.78 is 41.4. The van der Waals surface area contributed by atoms with Crippen molar-refractivity contribution in [3.8, 4) is 11.5 Å². The van der Waals surface area contributed by atoms with Gasteiger partial charge in [-0.2, -0.15) is 17.0 Å². The fraction of sp³-hybridized carbons (Fsp3) is 0.444. The molecule has 1 fully saturated rings. The molecule has 0 unspecified atom stereocenters. The van der Waals surface area contributed by atoms with E-state index in [4.69, 9.17) is 16.7 Å². The van der Waals surface area contributed by atoms with Gasteiger partial charge in [0.25, 0.3) is 10.2 Å². The van der Waals surface area contributed by atoms with E-state index in [1.807, 2.05) is 13.0 Å². The summed E-state index contributed by atoms with van der Waals surface area (Å²) in [5.74, 6) is -0.117. The van der Waals surface area contributed by atoms with Gasteiger partial charge in [-0.15, -0.1) is 0 Å². The first kappa shape index (κ1) is 20.4. The maximum atomic E-state index is 13.1. The molecular weight excluding hydrogens is 421 g/mol. The van der Waals surface area contributed by atoms with Gasteiger partial charge in [-0.05, 0) is 23.6 Å². The average Bonchev–Trinajstić information content (AvgIpc) is 3.02. The Morgan fingerprint density at radius 2 is 2.07 bits per heavy atom. The van der Waals surface area contributed by atoms with E-state index in [1.165, 1.54) is 20.7 Å². The molecule has 8 nitrogen and oxygen atoms in total. The summed E-state index contributed by atoms with van der Waals surface area (Å²) in [4.78, 5) is 11.4. The normalized spacial score (nSPS) is 21.8. The summed E-state index contributed by atoms with van der Waals surface area (Å²) in [5.41, 5.74) is 1.95. The van der Waals surface area contributed by atoms with Crippen molar-refractivity contribution in [3.63, 3.8) is 0 Å². The zero-order chi connectivity index (χ0) is 20.8. The second-order valence-electron chi connectivity index (χ2n) is 7.36. The smallest absolute Gasteiger partial charge is 0.282 e. The molecule has 2 aliphatic rings. The van der Waals surface area contributed by atoms with E-state index in [-0.39, 0.29) is 30.1 Å². The molecule has 29 heavy (non-hydrogen) atoms. The van der Waals surface area contributed by atoms with E-state index < -0.39 is 16.0 Å². The lowest BCUT2D eigenvalue weighted by Gasteiger charge is -2.41. The Balaban J connectivity index is 1.54. The number of pyridine rings is 1. The van der Waals surface area contributed by atoms with Crippen molar-refractivity contribution in [1.29, 1.82) is 0 Å². The van der Waals surface area contributed by atoms with Crippen molar-refractivity contribution in [1.82, 2.24) is 23.6 Å². The van der Waals surface area contributed by atoms with Gasteiger partial charge in [0.15, 0.2) is 11.0 Å². The zero-order valence-electron chi connectivity index (χ0n) is 15.7. The third-order valence-electron chi connectivity index (χ3n) is 5.28. The molecule has 4 rings (SSSR count). The number of nitrogens with one attached hydrogen (secondary N) is 1. The van der Waals surface area contributed by atoms with Gasteiger partial charge in [0.05, 0.1) is 11.9 Å². The van der Waals surface area contributed by atoms with Crippen molar-refractivity contribution in [2.75, 3.05) is 32.8 Å². The second kappa shape index (κ2) is 7.77. The van der Waals surface area contributed by atoms with Crippen molar-refractivity contribution in [3.05, 3.63) is 41.1 Å². The lowest BCUT2D eigenvalue weighted by Crippen LogP contribution is -2.57. The van der Waals surface area contributed by atoms with Crippen molar-refractivity contribution in [2.45, 2.75) is 6.92 Å². The highest BCUT2D eigenvalue weighted by Crippen LogP contribution is 2.34. The van der Waals surface area contributed by atoms with Crippen LogP contribution >= 0.6 is 11.6 Å². The summed E-state index contributed by atoms with van der Waals surface area (Å²) in [7, 11) is -3.55. The number of aromatic amines is 1. The fourth-order valence-corrected chi connectivity index (χ4v) is 5.63. The minimum absolute atomic E-state index is 0.00393. The minimum atomic E-state index is -3.55. The van der Waals surface area contributed by atoms with Gasteiger partial charge in [0.1, 0.15) is 11.5 Å². The average molecular weight is 442 g/mol. The quantitative estimate of drug-likeness (QED) is 0.736. The summed E-state index contributed by atoms with van der Waals surface area (Å²) >= 11 is 6.32. The lowest BCUT2D eigenvalue weighted by atomic mass is 9.95. The molecule has 1 atom stereocenters. The fourth-order valence-electron chi connectivity index (χ4n) is 3.59. The molecule has 2 aromatic heterocycles. The van der Waals surface area contributed by atoms with E-state index in [2.05, 4.69) is 15.0 Å². The minimum Gasteiger partial charge on any atom is -0.396 e. The molecule has 1 saturated heterocycles. The number of hydrogen-bond acceptors (Lipinski definition) is 5. The van der Waals surface area contributed by atoms with Crippen molar-refractivity contribution in [2.24, 2.45) is 11.8 Å². The Labute approximate surface area is 173 Å². The van der Waals surface area contributed by atoms with Gasteiger partial charge in [-0.3, -0.25) is 0 Å². The zero-order valence-corrected chi connectivity index (χ0v) is 17.3. The number of imidazole rings is 1. The predicted molar refractivity (Wildman–Crippen MR) is 107 cm³/mol. The number of rotatable bonds is 5. The van der Waals surface area contributed by atoms with Gasteiger partial charge in [0, 0.05) is 38.7 Å². The lowest BCUT2D eigenvalue weighted by molar-refractivity contribution is 0.111. The van der Waals surface area contributed by atoms with Crippen LogP contribution in [-0.4, -0.2) is 69.9 Å². The van der Waals surface area contributed by atoms with Gasteiger partial charge < -0.3 is 10.1 Å². The molecular formula is C18H21ClFN5O3S. The van der Waals surface area contributed by atoms with Crippen LogP contribution < -0.4 is 0 Å². The van der Waals surface area contributed by atoms with Crippen LogP contribution in [0, 0.1) is 17.7 Å². The first-order valence-corrected chi connectivity index (χ1v) is 11.0. The molecule has 0 saturated carbocycles. The van der Waals surface area contributed by atoms with Crippen molar-refractivity contribution < 1.29 is 17.9 Å². The van der Waals surface area contributed by atoms with E-state index in [9.17, 15) is 12.8 Å². The summed E-state index contributed by atoms with van der Waals surface area (Å²) in [6, 6.07) is 2.80. The number of nitrogens with zero attached hydrogens (tertiary/aromatic N) is 4. The predicted octanol–water partition coefficient (Wildman–Crippen LogP) is 1.77. The van der Waals surface area contributed by atoms with E-state index in [1.54, 1.807) is 0 Å². The van der Waals surface area contributed by atoms with Crippen LogP contribution in [0.2, 0.25) is 5.15 Å². The topological polar surface area (TPSA) is 102 Å². The number of aliphatic hydroxyl groups is 1. The number of aromatic nitrogens is 3. The third kappa shape index (κ3) is 3.82. The van der Waals surface area contributed by atoms with Gasteiger partial charge in [0.2, 0.25) is 0 Å². The van der Waals surface area contributed by atoms with Crippen LogP contribution in [0.5, 0.6) is 0 Å². The van der Waals surface area contributed by atoms with Gasteiger partial charge >= 0.3 is 0 Å². The molecule has 0 amide bonds. The summed E-state index contributed by atoms with van der Waals surface area (Å²) in [6.07, 6.45) is 2.93. The number of aliphatic hydroxyl groups excluding tert-OH is 1. The SMILES string of the molecule is C[C@H]1CN(S(=O)(=O)N2CC(CO)C2)CC=C1c1[nH]c(-c2ccc(F)cn2)nc1Cl. The highest BCUT2D eigenvalue weighted by molar-refractivity contribution is 7.86. The molecule has 11 heteroatoms. The molecule has 0 radical (unpaired) electrons. The summed E-state index contributed by atoms with van der Waals surface area (Å²) in [6.45, 7) is 3.15. The highest BCUT2D eigenvalue weighted by atomic mass is 35.5. The van der Waals surface area contributed by atoms with Crippen LogP contribution in [0.15, 0.2) is 24.4 Å². The van der Waals surface area contributed by atoms with Crippen LogP contribution in [0.4, 0.5) is 4.39 Å². The molecule has 2 aliphatic heterocycles. The molecule has 0 spiro atoms. The maximum Gasteiger partial charge on any atom is 0.282 e. The van der Waals surface area contributed by atoms with Gasteiger partial charge in [-0.1, -0.05) is 24.6 Å². The standard InChI is InChI=1S/C18H21ClFN5O3S/c1-11-7-24(29(27,28)25-8-12(9-25)10-26)5-4-14(11)16-17(19)23-18(22-16)15-3-2-13(20)6-21-15/h2-4,6,11-12,26H,5,7-10H2,1H3,(H,22,23)/t11-/m0/s1. The molecule has 0 aliphatic carbocycles. The first-order chi connectivity index (χ1) is 13.8. The molecule has 0 aromatic carbocycles. The van der Waals surface area contributed by atoms with E-state index in [0.717, 1.165) is 11.8 Å². The maximum absolute atomic E-state index is 13.1. The van der Waals surface area contributed by atoms with Crippen LogP contribution in [-0.2, 0) is 10.2 Å². The second-order valence-corrected chi connectivity index (χ2v) is 9.65. The monoisotopic (exact) mass is 441 g/mol. The van der Waals surface area contributed by atoms with Crippen LogP contribution in [0.25, 0.3) is 17.1 Å². The van der Waals surface area contributed by atoms with E-state index in [0.29, 0.717) is 36.8 Å². The molecule has 2 aromatic rings. The molecule has 0 bridgehead atoms.